The van der Waals surface area contributed by atoms with Crippen LogP contribution in [0, 0.1) is 5.41 Å². The zero-order valence-electron chi connectivity index (χ0n) is 34.6. The van der Waals surface area contributed by atoms with E-state index in [0.29, 0.717) is 10.6 Å². The van der Waals surface area contributed by atoms with Crippen LogP contribution in [0.15, 0.2) is 144 Å². The molecule has 1 fully saturated rings. The van der Waals surface area contributed by atoms with Crippen molar-refractivity contribution in [1.29, 1.82) is 0 Å². The standard InChI is InChI=1S/C24H24.C15H17NO4.C11H13NO/c1-24(2,3)23(21-17-11-6-12-18-21)22(19-13-7-4-8-14-19)20-15-9-5-10-16-20;1-15(2,3)11-6-4-10(5-7-11)14(19)20-16-12(17)8-9-13(16)18;1-11(2,3)8-4-5-10-9(6-8)12-7-13-10/h4-18H,1-3H3;4-7H,8-9H2,1-3H3;4-7H,1-3H3. The van der Waals surface area contributed by atoms with Crippen LogP contribution in [0.25, 0.3) is 22.2 Å². The van der Waals surface area contributed by atoms with Crippen molar-refractivity contribution in [3.8, 4) is 0 Å². The molecular weight excluding hydrogens is 709 g/mol. The number of benzene rings is 5. The number of allylic oxidation sites excluding steroid dienone is 1. The lowest BCUT2D eigenvalue weighted by molar-refractivity contribution is -0.172. The molecule has 7 rings (SSSR count). The molecule has 5 aromatic carbocycles. The van der Waals surface area contributed by atoms with Crippen LogP contribution >= 0.6 is 0 Å². The summed E-state index contributed by atoms with van der Waals surface area (Å²) in [6.07, 6.45) is 1.67. The molecule has 7 nitrogen and oxygen atoms in total. The molecule has 2 heterocycles. The first-order valence-corrected chi connectivity index (χ1v) is 19.4. The van der Waals surface area contributed by atoms with E-state index >= 15 is 0 Å². The SMILES string of the molecule is CC(C)(C)C(=C(c1ccccc1)c1ccccc1)c1ccccc1.CC(C)(C)c1ccc(C(=O)ON2C(=O)CCC2=O)cc1.CC(C)(C)c1ccc2ocnc2c1. The number of hydroxylamine groups is 2. The van der Waals surface area contributed by atoms with Crippen molar-refractivity contribution in [3.63, 3.8) is 0 Å². The normalized spacial score (nSPS) is 13.0. The van der Waals surface area contributed by atoms with E-state index in [1.165, 1.54) is 39.8 Å². The quantitative estimate of drug-likeness (QED) is 0.128. The molecule has 1 aliphatic rings. The predicted molar refractivity (Wildman–Crippen MR) is 229 cm³/mol. The lowest BCUT2D eigenvalue weighted by Gasteiger charge is -2.28. The molecule has 0 spiro atoms. The third-order valence-electron chi connectivity index (χ3n) is 9.55. The van der Waals surface area contributed by atoms with Crippen molar-refractivity contribution in [2.24, 2.45) is 5.41 Å². The van der Waals surface area contributed by atoms with Crippen molar-refractivity contribution < 1.29 is 23.6 Å². The number of carbonyl (C=O) groups is 3. The highest BCUT2D eigenvalue weighted by molar-refractivity contribution is 6.03. The minimum atomic E-state index is -0.700. The summed E-state index contributed by atoms with van der Waals surface area (Å²) >= 11 is 0. The van der Waals surface area contributed by atoms with Gasteiger partial charge in [-0.15, -0.1) is 5.06 Å². The van der Waals surface area contributed by atoms with E-state index in [9.17, 15) is 14.4 Å². The molecule has 1 aliphatic heterocycles. The minimum Gasteiger partial charge on any atom is -0.443 e. The molecular formula is C50H54N2O5. The van der Waals surface area contributed by atoms with Gasteiger partial charge in [0.15, 0.2) is 12.0 Å². The van der Waals surface area contributed by atoms with E-state index in [4.69, 9.17) is 9.25 Å². The highest BCUT2D eigenvalue weighted by atomic mass is 16.7. The maximum Gasteiger partial charge on any atom is 0.363 e. The summed E-state index contributed by atoms with van der Waals surface area (Å²) in [4.78, 5) is 43.6. The summed E-state index contributed by atoms with van der Waals surface area (Å²) in [6, 6.07) is 45.3. The van der Waals surface area contributed by atoms with Gasteiger partial charge in [-0.3, -0.25) is 9.59 Å². The molecule has 294 valence electrons. The fraction of sp³-hybridized carbons (Fsp3) is 0.280. The molecule has 0 saturated carbocycles. The lowest BCUT2D eigenvalue weighted by atomic mass is 9.76. The number of amides is 2. The molecule has 1 aromatic heterocycles. The zero-order chi connectivity index (χ0) is 41.4. The van der Waals surface area contributed by atoms with E-state index in [-0.39, 0.29) is 29.1 Å². The Morgan fingerprint density at radius 3 is 1.49 bits per heavy atom. The molecule has 0 radical (unpaired) electrons. The fourth-order valence-electron chi connectivity index (χ4n) is 6.45. The van der Waals surface area contributed by atoms with Crippen LogP contribution < -0.4 is 0 Å². The molecule has 6 aromatic rings. The van der Waals surface area contributed by atoms with Crippen LogP contribution in [-0.4, -0.2) is 27.8 Å². The van der Waals surface area contributed by atoms with Gasteiger partial charge in [0.05, 0.1) is 5.56 Å². The number of aromatic nitrogens is 1. The van der Waals surface area contributed by atoms with Gasteiger partial charge in [-0.25, -0.2) is 9.78 Å². The van der Waals surface area contributed by atoms with Gasteiger partial charge in [0.1, 0.15) is 5.52 Å². The number of fused-ring (bicyclic) bond motifs is 1. The average Bonchev–Trinajstić information content (AvgIpc) is 3.79. The number of imide groups is 1. The van der Waals surface area contributed by atoms with E-state index in [0.717, 1.165) is 16.7 Å². The van der Waals surface area contributed by atoms with Crippen molar-refractivity contribution in [1.82, 2.24) is 10.0 Å². The van der Waals surface area contributed by atoms with Gasteiger partial charge in [0.25, 0.3) is 11.8 Å². The number of hydrogen-bond acceptors (Lipinski definition) is 6. The second-order valence-corrected chi connectivity index (χ2v) is 17.2. The fourth-order valence-corrected chi connectivity index (χ4v) is 6.45. The molecule has 2 amide bonds. The Bertz CT molecular complexity index is 2250. The van der Waals surface area contributed by atoms with E-state index < -0.39 is 17.8 Å². The van der Waals surface area contributed by atoms with Gasteiger partial charge in [0, 0.05) is 12.8 Å². The number of oxazole rings is 1. The highest BCUT2D eigenvalue weighted by Crippen LogP contribution is 2.42. The Morgan fingerprint density at radius 1 is 0.579 bits per heavy atom. The Labute approximate surface area is 337 Å². The second-order valence-electron chi connectivity index (χ2n) is 17.2. The highest BCUT2D eigenvalue weighted by Gasteiger charge is 2.33. The summed E-state index contributed by atoms with van der Waals surface area (Å²) in [5.41, 5.74) is 11.2. The van der Waals surface area contributed by atoms with Crippen LogP contribution in [0.2, 0.25) is 0 Å². The lowest BCUT2D eigenvalue weighted by Crippen LogP contribution is -2.32. The molecule has 0 unspecified atom stereocenters. The number of carbonyl (C=O) groups excluding carboxylic acids is 3. The van der Waals surface area contributed by atoms with Crippen LogP contribution in [0.1, 0.15) is 113 Å². The number of nitrogens with zero attached hydrogens (tertiary/aromatic N) is 2. The summed E-state index contributed by atoms with van der Waals surface area (Å²) < 4.78 is 5.17. The van der Waals surface area contributed by atoms with E-state index in [2.05, 4.69) is 170 Å². The van der Waals surface area contributed by atoms with E-state index in [1.54, 1.807) is 12.1 Å². The van der Waals surface area contributed by atoms with Gasteiger partial charge in [-0.2, -0.15) is 0 Å². The monoisotopic (exact) mass is 762 g/mol. The van der Waals surface area contributed by atoms with Crippen LogP contribution in [0.3, 0.4) is 0 Å². The summed E-state index contributed by atoms with van der Waals surface area (Å²) in [5.74, 6) is -1.65. The number of hydrogen-bond donors (Lipinski definition) is 0. The van der Waals surface area contributed by atoms with Gasteiger partial charge < -0.3 is 9.25 Å². The molecule has 1 saturated heterocycles. The second kappa shape index (κ2) is 17.8. The summed E-state index contributed by atoms with van der Waals surface area (Å²) in [5, 5.41) is 0.556. The Hall–Kier alpha value is -6.08. The molecule has 57 heavy (non-hydrogen) atoms. The van der Waals surface area contributed by atoms with Crippen molar-refractivity contribution in [2.75, 3.05) is 0 Å². The van der Waals surface area contributed by atoms with Crippen LogP contribution in [-0.2, 0) is 25.3 Å². The van der Waals surface area contributed by atoms with Crippen molar-refractivity contribution in [2.45, 2.75) is 86.0 Å². The Balaban J connectivity index is 0.000000170. The van der Waals surface area contributed by atoms with Crippen LogP contribution in [0.5, 0.6) is 0 Å². The molecule has 0 aliphatic carbocycles. The topological polar surface area (TPSA) is 89.7 Å². The molecule has 0 atom stereocenters. The predicted octanol–water partition coefficient (Wildman–Crippen LogP) is 12.0. The van der Waals surface area contributed by atoms with Gasteiger partial charge in [-0.05, 0) is 79.5 Å². The maximum atomic E-state index is 11.9. The minimum absolute atomic E-state index is 0.0106. The van der Waals surface area contributed by atoms with Gasteiger partial charge in [-0.1, -0.05) is 172 Å². The van der Waals surface area contributed by atoms with Crippen LogP contribution in [0.4, 0.5) is 0 Å². The van der Waals surface area contributed by atoms with E-state index in [1.807, 2.05) is 18.2 Å². The molecule has 7 heteroatoms. The first kappa shape index (κ1) is 42.1. The maximum absolute atomic E-state index is 11.9. The summed E-state index contributed by atoms with van der Waals surface area (Å²) in [6.45, 7) is 19.7. The zero-order valence-corrected chi connectivity index (χ0v) is 34.6. The molecule has 0 bridgehead atoms. The smallest absolute Gasteiger partial charge is 0.363 e. The third kappa shape index (κ3) is 11.0. The Kier molecular flexibility index (Phi) is 13.1. The average molecular weight is 763 g/mol. The largest absolute Gasteiger partial charge is 0.443 e. The molecule has 0 N–H and O–H groups in total. The summed E-state index contributed by atoms with van der Waals surface area (Å²) in [7, 11) is 0. The third-order valence-corrected chi connectivity index (χ3v) is 9.55. The van der Waals surface area contributed by atoms with Crippen molar-refractivity contribution in [3.05, 3.63) is 173 Å². The van der Waals surface area contributed by atoms with Crippen molar-refractivity contribution >= 4 is 40.0 Å². The Morgan fingerprint density at radius 2 is 1.04 bits per heavy atom. The number of rotatable bonds is 5. The first-order chi connectivity index (χ1) is 26.9. The van der Waals surface area contributed by atoms with Gasteiger partial charge >= 0.3 is 5.97 Å². The van der Waals surface area contributed by atoms with Gasteiger partial charge in [0.2, 0.25) is 0 Å². The first-order valence-electron chi connectivity index (χ1n) is 19.4.